The Morgan fingerprint density at radius 1 is 0.927 bits per heavy atom. The molecule has 9 heteroatoms. The van der Waals surface area contributed by atoms with Crippen LogP contribution in [0.1, 0.15) is 90.2 Å². The fourth-order valence-electron chi connectivity index (χ4n) is 8.64. The molecule has 0 aliphatic heterocycles. The Labute approximate surface area is 325 Å². The van der Waals surface area contributed by atoms with Crippen LogP contribution in [0.2, 0.25) is 0 Å². The molecule has 8 rings (SSSR count). The summed E-state index contributed by atoms with van der Waals surface area (Å²) in [7, 11) is 0. The quantitative estimate of drug-likeness (QED) is 0.121. The number of fused-ring (bicyclic) bond motifs is 9. The Hall–Kier alpha value is -4.70. The molecule has 0 spiro atoms. The fraction of sp³-hybridized carbons (Fsp3) is 0.348. The van der Waals surface area contributed by atoms with Gasteiger partial charge in [-0.05, 0) is 134 Å². The van der Waals surface area contributed by atoms with E-state index in [1.54, 1.807) is 28.4 Å². The predicted molar refractivity (Wildman–Crippen MR) is 213 cm³/mol. The van der Waals surface area contributed by atoms with Gasteiger partial charge in [-0.1, -0.05) is 67.1 Å². The molecule has 2 N–H and O–H groups in total. The fourth-order valence-corrected chi connectivity index (χ4v) is 9.33. The van der Waals surface area contributed by atoms with Crippen LogP contribution in [-0.4, -0.2) is 51.8 Å². The normalized spacial score (nSPS) is 22.8. The van der Waals surface area contributed by atoms with E-state index in [2.05, 4.69) is 19.9 Å². The molecule has 0 saturated heterocycles. The van der Waals surface area contributed by atoms with Crippen LogP contribution in [0.4, 0.5) is 13.6 Å². The highest BCUT2D eigenvalue weighted by atomic mass is 32.1. The maximum absolute atomic E-state index is 14.5. The van der Waals surface area contributed by atoms with Crippen molar-refractivity contribution in [3.63, 3.8) is 0 Å². The van der Waals surface area contributed by atoms with Gasteiger partial charge in [0.25, 0.3) is 0 Å². The number of thiophene rings is 1. The Balaban J connectivity index is 1.27. The number of amides is 1. The second-order valence-corrected chi connectivity index (χ2v) is 16.6. The van der Waals surface area contributed by atoms with Crippen molar-refractivity contribution < 1.29 is 33.3 Å². The third-order valence-corrected chi connectivity index (χ3v) is 12.9. The molecule has 3 aliphatic carbocycles. The maximum Gasteiger partial charge on any atom is 0.415 e. The van der Waals surface area contributed by atoms with E-state index in [4.69, 9.17) is 4.74 Å². The van der Waals surface area contributed by atoms with Crippen LogP contribution in [0.3, 0.4) is 0 Å². The van der Waals surface area contributed by atoms with Crippen molar-refractivity contribution in [3.05, 3.63) is 147 Å². The average Bonchev–Trinajstić information content (AvgIpc) is 3.78. The van der Waals surface area contributed by atoms with Crippen molar-refractivity contribution in [1.29, 1.82) is 0 Å². The van der Waals surface area contributed by atoms with E-state index < -0.39 is 40.6 Å². The van der Waals surface area contributed by atoms with Gasteiger partial charge in [-0.25, -0.2) is 13.6 Å². The zero-order valence-corrected chi connectivity index (χ0v) is 32.1. The first-order chi connectivity index (χ1) is 26.4. The first-order valence-corrected chi connectivity index (χ1v) is 20.0. The second-order valence-electron chi connectivity index (χ2n) is 15.5. The molecule has 3 aliphatic rings. The lowest BCUT2D eigenvalue weighted by molar-refractivity contribution is -0.0789. The van der Waals surface area contributed by atoms with Gasteiger partial charge in [0.1, 0.15) is 5.75 Å². The molecule has 1 fully saturated rings. The zero-order chi connectivity index (χ0) is 38.7. The third-order valence-electron chi connectivity index (χ3n) is 11.9. The van der Waals surface area contributed by atoms with Gasteiger partial charge in [0.2, 0.25) is 0 Å². The number of carbonyl (C=O) groups excluding carboxylic acids is 2. The molecule has 0 unspecified atom stereocenters. The summed E-state index contributed by atoms with van der Waals surface area (Å²) in [5.74, 6) is -2.52. The highest BCUT2D eigenvalue weighted by Gasteiger charge is 2.57. The molecule has 2 bridgehead atoms. The topological polar surface area (TPSA) is 87.1 Å². The predicted octanol–water partition coefficient (Wildman–Crippen LogP) is 10.2. The Morgan fingerprint density at radius 2 is 1.75 bits per heavy atom. The largest absolute Gasteiger partial charge is 0.415 e. The number of hydrogen-bond acceptors (Lipinski definition) is 6. The Bertz CT molecular complexity index is 2220. The molecule has 0 radical (unpaired) electrons. The van der Waals surface area contributed by atoms with Gasteiger partial charge >= 0.3 is 6.09 Å². The molecule has 5 aromatic rings. The minimum absolute atomic E-state index is 0.0111. The van der Waals surface area contributed by atoms with Crippen LogP contribution in [-0.2, 0) is 12.8 Å². The van der Waals surface area contributed by atoms with E-state index in [1.807, 2.05) is 66.0 Å². The zero-order valence-electron chi connectivity index (χ0n) is 31.3. The number of aliphatic hydroxyl groups excluding tert-OH is 1. The van der Waals surface area contributed by atoms with Crippen LogP contribution in [0.25, 0.3) is 10.8 Å². The smallest absolute Gasteiger partial charge is 0.410 e. The average molecular weight is 764 g/mol. The van der Waals surface area contributed by atoms with Crippen molar-refractivity contribution >= 4 is 34.0 Å². The van der Waals surface area contributed by atoms with E-state index in [0.717, 1.165) is 38.9 Å². The number of carbonyl (C=O) groups is 2. The van der Waals surface area contributed by atoms with E-state index in [1.165, 1.54) is 6.07 Å². The Kier molecular flexibility index (Phi) is 11.3. The number of halogens is 2. The third kappa shape index (κ3) is 8.30. The molecule has 1 saturated carbocycles. The van der Waals surface area contributed by atoms with E-state index in [-0.39, 0.29) is 18.0 Å². The van der Waals surface area contributed by atoms with Gasteiger partial charge in [-0.15, -0.1) is 11.3 Å². The first-order valence-electron chi connectivity index (χ1n) is 19.1. The van der Waals surface area contributed by atoms with Crippen molar-refractivity contribution in [1.82, 2.24) is 4.90 Å². The molecule has 1 heterocycles. The Morgan fingerprint density at radius 3 is 2.53 bits per heavy atom. The molecule has 6 nitrogen and oxygen atoms in total. The van der Waals surface area contributed by atoms with E-state index >= 15 is 0 Å². The monoisotopic (exact) mass is 763 g/mol. The lowest BCUT2D eigenvalue weighted by atomic mass is 9.64. The van der Waals surface area contributed by atoms with Crippen LogP contribution in [0, 0.1) is 17.0 Å². The number of ether oxygens (including phenoxy) is 1. The summed E-state index contributed by atoms with van der Waals surface area (Å²) >= 11 is 1.61. The summed E-state index contributed by atoms with van der Waals surface area (Å²) in [5.41, 5.74) is 0.750. The van der Waals surface area contributed by atoms with Gasteiger partial charge in [-0.2, -0.15) is 0 Å². The molecule has 4 atom stereocenters. The number of allylic oxidation sites excluding steroid dienone is 2. The molecule has 55 heavy (non-hydrogen) atoms. The highest BCUT2D eigenvalue weighted by molar-refractivity contribution is 7.09. The summed E-state index contributed by atoms with van der Waals surface area (Å²) in [6.07, 6.45) is 5.20. The number of rotatable bonds is 8. The standard InChI is InChI=1S/C46H47F2NO5S/c1-30-7-5-21-45(2)40(38-17-12-31(25-35(50)15-11-30)26-39(38)43(51)34-14-18-41(47)42(48)28-34)19-22-46(45,53)29-49(23-20-37-10-6-24-55-37)44(52)54-36-16-13-32-8-3-4-9-33(32)27-36/h3-4,6-10,12-14,16-18,24,26-28,35,40,50,53H,5,11,15,19-23,25,29H2,1-2H3/t35-,40-,45-,46+/m0/s1. The number of nitrogens with zero attached hydrogens (tertiary/aromatic N) is 1. The maximum atomic E-state index is 14.5. The van der Waals surface area contributed by atoms with E-state index in [9.17, 15) is 28.6 Å². The highest BCUT2D eigenvalue weighted by Crippen LogP contribution is 2.59. The summed E-state index contributed by atoms with van der Waals surface area (Å²) in [5, 5.41) is 27.9. The molecular formula is C46H47F2NO5S. The summed E-state index contributed by atoms with van der Waals surface area (Å²) in [6.45, 7) is 4.44. The van der Waals surface area contributed by atoms with Crippen LogP contribution in [0.5, 0.6) is 5.75 Å². The van der Waals surface area contributed by atoms with Crippen LogP contribution >= 0.6 is 11.3 Å². The van der Waals surface area contributed by atoms with Gasteiger partial charge in [0, 0.05) is 28.0 Å². The van der Waals surface area contributed by atoms with Crippen molar-refractivity contribution in [2.24, 2.45) is 5.41 Å². The first kappa shape index (κ1) is 38.6. The second kappa shape index (κ2) is 16.2. The van der Waals surface area contributed by atoms with Gasteiger partial charge in [0.05, 0.1) is 18.2 Å². The SMILES string of the molecule is CC1=CCC[C@@]2(C)[C@@H](CC[C@@]2(O)CN(CCc2cccs2)C(=O)Oc2ccc3ccccc3c2)c2ccc(cc2C(=O)c2ccc(F)c(F)c2)C[C@@H](O)CC1. The van der Waals surface area contributed by atoms with Gasteiger partial charge < -0.3 is 19.8 Å². The number of ketones is 1. The van der Waals surface area contributed by atoms with Crippen LogP contribution < -0.4 is 4.74 Å². The minimum Gasteiger partial charge on any atom is -0.410 e. The lowest BCUT2D eigenvalue weighted by Crippen LogP contribution is -2.54. The molecule has 286 valence electrons. The van der Waals surface area contributed by atoms with E-state index in [0.29, 0.717) is 74.8 Å². The summed E-state index contributed by atoms with van der Waals surface area (Å²) in [6, 6.07) is 26.1. The van der Waals surface area contributed by atoms with Gasteiger partial charge in [-0.3, -0.25) is 4.79 Å². The van der Waals surface area contributed by atoms with Crippen molar-refractivity contribution in [2.75, 3.05) is 13.1 Å². The van der Waals surface area contributed by atoms with Crippen molar-refractivity contribution in [2.45, 2.75) is 82.8 Å². The summed E-state index contributed by atoms with van der Waals surface area (Å²) in [4.78, 5) is 31.2. The summed E-state index contributed by atoms with van der Waals surface area (Å²) < 4.78 is 34.5. The molecule has 1 amide bonds. The molecule has 1 aromatic heterocycles. The number of hydrogen-bond donors (Lipinski definition) is 2. The van der Waals surface area contributed by atoms with Crippen molar-refractivity contribution in [3.8, 4) is 5.75 Å². The van der Waals surface area contributed by atoms with Gasteiger partial charge in [0.15, 0.2) is 17.4 Å². The van der Waals surface area contributed by atoms with Crippen LogP contribution in [0.15, 0.2) is 108 Å². The number of benzene rings is 4. The molecule has 4 aromatic carbocycles. The number of aliphatic hydroxyl groups is 2. The molecular weight excluding hydrogens is 717 g/mol. The lowest BCUT2D eigenvalue weighted by Gasteiger charge is -2.46. The minimum atomic E-state index is -1.38.